The van der Waals surface area contributed by atoms with Crippen molar-refractivity contribution in [3.63, 3.8) is 0 Å². The van der Waals surface area contributed by atoms with Gasteiger partial charge in [-0.3, -0.25) is 14.8 Å². The SMILES string of the molecule is CN(C(c1ccccc1)c1ccccc1)S(=O)(=O)c1ccc2c(c1)/C(=C\c1nccs1)C(=O)N2Cc1cnccn1. The van der Waals surface area contributed by atoms with E-state index in [2.05, 4.69) is 15.0 Å². The van der Waals surface area contributed by atoms with Crippen LogP contribution in [0.3, 0.4) is 0 Å². The van der Waals surface area contributed by atoms with Gasteiger partial charge >= 0.3 is 0 Å². The largest absolute Gasteiger partial charge is 0.302 e. The first kappa shape index (κ1) is 26.7. The summed E-state index contributed by atoms with van der Waals surface area (Å²) < 4.78 is 29.7. The number of anilines is 1. The standard InChI is InChI=1S/C31H25N5O3S2/c1-35(30(22-8-4-2-5-9-22)23-10-6-3-7-11-23)41(38,39)25-12-13-28-26(18-25)27(19-29-34-16-17-40-29)31(37)36(28)21-24-20-32-14-15-33-24/h2-20,30H,21H2,1H3/b27-19+. The van der Waals surface area contributed by atoms with E-state index in [-0.39, 0.29) is 17.3 Å². The minimum absolute atomic E-state index is 0.0924. The van der Waals surface area contributed by atoms with Gasteiger partial charge in [-0.05, 0) is 35.4 Å². The smallest absolute Gasteiger partial charge is 0.259 e. The third kappa shape index (κ3) is 5.20. The molecule has 0 radical (unpaired) electrons. The quantitative estimate of drug-likeness (QED) is 0.228. The third-order valence-corrected chi connectivity index (χ3v) is 9.49. The van der Waals surface area contributed by atoms with E-state index in [1.807, 2.05) is 66.0 Å². The first-order chi connectivity index (χ1) is 19.9. The fourth-order valence-corrected chi connectivity index (χ4v) is 6.91. The van der Waals surface area contributed by atoms with Crippen molar-refractivity contribution < 1.29 is 13.2 Å². The first-order valence-electron chi connectivity index (χ1n) is 12.8. The van der Waals surface area contributed by atoms with Gasteiger partial charge in [0.05, 0.1) is 40.6 Å². The lowest BCUT2D eigenvalue weighted by Crippen LogP contribution is -2.32. The average molecular weight is 580 g/mol. The molecule has 0 unspecified atom stereocenters. The predicted octanol–water partition coefficient (Wildman–Crippen LogP) is 5.43. The lowest BCUT2D eigenvalue weighted by atomic mass is 9.99. The molecule has 41 heavy (non-hydrogen) atoms. The Balaban J connectivity index is 1.44. The zero-order chi connectivity index (χ0) is 28.4. The molecule has 5 aromatic rings. The van der Waals surface area contributed by atoms with Crippen molar-refractivity contribution in [2.45, 2.75) is 17.5 Å². The number of nitrogens with zero attached hydrogens (tertiary/aromatic N) is 5. The van der Waals surface area contributed by atoms with Gasteiger partial charge in [-0.1, -0.05) is 60.7 Å². The normalized spacial score (nSPS) is 14.3. The molecule has 1 amide bonds. The molecule has 8 nitrogen and oxygen atoms in total. The van der Waals surface area contributed by atoms with Gasteiger partial charge in [0.15, 0.2) is 0 Å². The highest BCUT2D eigenvalue weighted by Crippen LogP contribution is 2.41. The van der Waals surface area contributed by atoms with Crippen LogP contribution in [0.15, 0.2) is 114 Å². The molecule has 0 fully saturated rings. The lowest BCUT2D eigenvalue weighted by Gasteiger charge is -2.28. The molecule has 0 atom stereocenters. The summed E-state index contributed by atoms with van der Waals surface area (Å²) in [6, 6.07) is 23.4. The highest BCUT2D eigenvalue weighted by molar-refractivity contribution is 7.89. The zero-order valence-corrected chi connectivity index (χ0v) is 23.7. The first-order valence-corrected chi connectivity index (χ1v) is 15.2. The monoisotopic (exact) mass is 579 g/mol. The Hall–Kier alpha value is -4.51. The van der Waals surface area contributed by atoms with Crippen LogP contribution in [0.1, 0.15) is 33.4 Å². The number of aromatic nitrogens is 3. The second-order valence-electron chi connectivity index (χ2n) is 9.44. The molecule has 0 N–H and O–H groups in total. The van der Waals surface area contributed by atoms with E-state index in [1.165, 1.54) is 15.6 Å². The maximum absolute atomic E-state index is 14.2. The van der Waals surface area contributed by atoms with Gasteiger partial charge in [0.1, 0.15) is 5.01 Å². The summed E-state index contributed by atoms with van der Waals surface area (Å²) in [4.78, 5) is 28.1. The number of hydrogen-bond donors (Lipinski definition) is 0. The number of benzene rings is 3. The summed E-state index contributed by atoms with van der Waals surface area (Å²) >= 11 is 1.40. The van der Waals surface area contributed by atoms with E-state index in [1.54, 1.807) is 61.0 Å². The lowest BCUT2D eigenvalue weighted by molar-refractivity contribution is -0.113. The van der Waals surface area contributed by atoms with E-state index in [9.17, 15) is 13.2 Å². The summed E-state index contributed by atoms with van der Waals surface area (Å²) in [5, 5.41) is 2.48. The molecule has 0 spiro atoms. The number of fused-ring (bicyclic) bond motifs is 1. The molecule has 1 aliphatic rings. The fourth-order valence-electron chi connectivity index (χ4n) is 4.98. The second kappa shape index (κ2) is 11.2. The van der Waals surface area contributed by atoms with Gasteiger partial charge in [-0.15, -0.1) is 11.3 Å². The zero-order valence-electron chi connectivity index (χ0n) is 22.0. The molecule has 10 heteroatoms. The van der Waals surface area contributed by atoms with Crippen LogP contribution >= 0.6 is 11.3 Å². The molecule has 0 aliphatic carbocycles. The minimum Gasteiger partial charge on any atom is -0.302 e. The molecule has 0 bridgehead atoms. The Morgan fingerprint density at radius 1 is 0.927 bits per heavy atom. The van der Waals surface area contributed by atoms with E-state index in [4.69, 9.17) is 0 Å². The van der Waals surface area contributed by atoms with Crippen LogP contribution in [0.4, 0.5) is 5.69 Å². The summed E-state index contributed by atoms with van der Waals surface area (Å²) in [7, 11) is -2.41. The Kier molecular flexibility index (Phi) is 7.27. The molecule has 3 heterocycles. The molecule has 0 saturated carbocycles. The van der Waals surface area contributed by atoms with Gasteiger partial charge in [-0.25, -0.2) is 13.4 Å². The maximum atomic E-state index is 14.2. The van der Waals surface area contributed by atoms with Gasteiger partial charge in [-0.2, -0.15) is 4.31 Å². The van der Waals surface area contributed by atoms with Gasteiger partial charge in [0.2, 0.25) is 10.0 Å². The number of hydrogen-bond acceptors (Lipinski definition) is 7. The van der Waals surface area contributed by atoms with Crippen molar-refractivity contribution >= 4 is 44.6 Å². The van der Waals surface area contributed by atoms with Crippen molar-refractivity contribution in [2.24, 2.45) is 0 Å². The summed E-state index contributed by atoms with van der Waals surface area (Å²) in [5.41, 5.74) is 3.82. The number of thiazole rings is 1. The Morgan fingerprint density at radius 3 is 2.24 bits per heavy atom. The highest BCUT2D eigenvalue weighted by Gasteiger charge is 2.36. The third-order valence-electron chi connectivity index (χ3n) is 6.95. The second-order valence-corrected chi connectivity index (χ2v) is 12.4. The number of carbonyl (C=O) groups is 1. The van der Waals surface area contributed by atoms with Crippen LogP contribution in [0.2, 0.25) is 0 Å². The Bertz CT molecular complexity index is 1770. The van der Waals surface area contributed by atoms with E-state index in [0.29, 0.717) is 27.5 Å². The van der Waals surface area contributed by atoms with Crippen molar-refractivity contribution in [3.8, 4) is 0 Å². The van der Waals surface area contributed by atoms with Crippen LogP contribution in [0.5, 0.6) is 0 Å². The topological polar surface area (TPSA) is 96.4 Å². The summed E-state index contributed by atoms with van der Waals surface area (Å²) in [6.45, 7) is 0.199. The molecule has 1 aliphatic heterocycles. The van der Waals surface area contributed by atoms with Gasteiger partial charge < -0.3 is 4.90 Å². The Morgan fingerprint density at radius 2 is 1.63 bits per heavy atom. The van der Waals surface area contributed by atoms with Gasteiger partial charge in [0.25, 0.3) is 5.91 Å². The van der Waals surface area contributed by atoms with Crippen molar-refractivity contribution in [2.75, 3.05) is 11.9 Å². The maximum Gasteiger partial charge on any atom is 0.259 e. The van der Waals surface area contributed by atoms with Crippen LogP contribution < -0.4 is 4.90 Å². The summed E-state index contributed by atoms with van der Waals surface area (Å²) in [6.07, 6.45) is 8.13. The van der Waals surface area contributed by atoms with Crippen molar-refractivity contribution in [3.05, 3.63) is 136 Å². The molecule has 2 aromatic heterocycles. The molecule has 6 rings (SSSR count). The molecule has 3 aromatic carbocycles. The number of sulfonamides is 1. The minimum atomic E-state index is -3.99. The molecular formula is C31H25N5O3S2. The highest BCUT2D eigenvalue weighted by atomic mass is 32.2. The van der Waals surface area contributed by atoms with Crippen LogP contribution in [0, 0.1) is 0 Å². The van der Waals surface area contributed by atoms with E-state index < -0.39 is 16.1 Å². The van der Waals surface area contributed by atoms with Crippen molar-refractivity contribution in [1.29, 1.82) is 0 Å². The Labute approximate surface area is 242 Å². The van der Waals surface area contributed by atoms with Gasteiger partial charge in [0, 0.05) is 36.6 Å². The van der Waals surface area contributed by atoms with Crippen LogP contribution in [-0.2, 0) is 21.4 Å². The fraction of sp³-hybridized carbons (Fsp3) is 0.0968. The molecular weight excluding hydrogens is 555 g/mol. The van der Waals surface area contributed by atoms with E-state index >= 15 is 0 Å². The number of rotatable bonds is 8. The van der Waals surface area contributed by atoms with E-state index in [0.717, 1.165) is 11.1 Å². The van der Waals surface area contributed by atoms with Crippen LogP contribution in [-0.4, -0.2) is 40.6 Å². The molecule has 0 saturated heterocycles. The average Bonchev–Trinajstić information content (AvgIpc) is 3.61. The van der Waals surface area contributed by atoms with Crippen LogP contribution in [0.25, 0.3) is 11.6 Å². The number of amides is 1. The molecule has 204 valence electrons. The number of carbonyl (C=O) groups excluding carboxylic acids is 1. The summed E-state index contributed by atoms with van der Waals surface area (Å²) in [5.74, 6) is -0.254. The van der Waals surface area contributed by atoms with Crippen molar-refractivity contribution in [1.82, 2.24) is 19.3 Å². The predicted molar refractivity (Wildman–Crippen MR) is 159 cm³/mol.